The van der Waals surface area contributed by atoms with E-state index >= 15 is 0 Å². The Labute approximate surface area is 93.4 Å². The first-order chi connectivity index (χ1) is 7.29. The summed E-state index contributed by atoms with van der Waals surface area (Å²) in [5, 5.41) is 0. The highest BCUT2D eigenvalue weighted by Crippen LogP contribution is 2.26. The molecule has 1 aliphatic rings. The van der Waals surface area contributed by atoms with Gasteiger partial charge in [0.25, 0.3) is 0 Å². The molecule has 1 aromatic heterocycles. The molecule has 1 heterocycles. The summed E-state index contributed by atoms with van der Waals surface area (Å²) in [7, 11) is 0. The second-order valence-corrected chi connectivity index (χ2v) is 4.04. The average molecular weight is 230 g/mol. The van der Waals surface area contributed by atoms with Crippen molar-refractivity contribution >= 4 is 11.6 Å². The predicted octanol–water partition coefficient (Wildman–Crippen LogP) is 3.28. The molecule has 0 radical (unpaired) electrons. The van der Waals surface area contributed by atoms with Crippen LogP contribution in [0.4, 0.5) is 4.39 Å². The van der Waals surface area contributed by atoms with E-state index in [-0.39, 0.29) is 17.8 Å². The lowest BCUT2D eigenvalue weighted by Crippen LogP contribution is -2.13. The van der Waals surface area contributed by atoms with Crippen LogP contribution >= 0.6 is 11.6 Å². The SMILES string of the molecule is Fc1cnc(OC2CCCC2)c(CCl)c1. The fourth-order valence-electron chi connectivity index (χ4n) is 1.83. The van der Waals surface area contributed by atoms with Gasteiger partial charge in [-0.3, -0.25) is 0 Å². The molecule has 0 unspecified atom stereocenters. The zero-order valence-corrected chi connectivity index (χ0v) is 9.13. The van der Waals surface area contributed by atoms with E-state index in [9.17, 15) is 4.39 Å². The van der Waals surface area contributed by atoms with Crippen LogP contribution in [0.1, 0.15) is 31.2 Å². The van der Waals surface area contributed by atoms with Crippen LogP contribution in [0.3, 0.4) is 0 Å². The standard InChI is InChI=1S/C11H13ClFNO/c12-6-8-5-9(13)7-14-11(8)15-10-3-1-2-4-10/h5,7,10H,1-4,6H2. The average Bonchev–Trinajstić information content (AvgIpc) is 2.73. The predicted molar refractivity (Wildman–Crippen MR) is 56.6 cm³/mol. The minimum atomic E-state index is -0.371. The molecule has 4 heteroatoms. The molecule has 1 fully saturated rings. The molecule has 15 heavy (non-hydrogen) atoms. The number of ether oxygens (including phenoxy) is 1. The van der Waals surface area contributed by atoms with Crippen LogP contribution in [-0.2, 0) is 5.88 Å². The summed E-state index contributed by atoms with van der Waals surface area (Å²) in [4.78, 5) is 3.93. The molecule has 0 atom stereocenters. The van der Waals surface area contributed by atoms with Gasteiger partial charge in [-0.25, -0.2) is 9.37 Å². The summed E-state index contributed by atoms with van der Waals surface area (Å²) in [5.74, 6) is 0.343. The van der Waals surface area contributed by atoms with Crippen molar-refractivity contribution in [2.45, 2.75) is 37.7 Å². The van der Waals surface area contributed by atoms with Crippen molar-refractivity contribution in [2.75, 3.05) is 0 Å². The Balaban J connectivity index is 2.12. The maximum atomic E-state index is 12.9. The molecule has 0 aliphatic heterocycles. The molecular weight excluding hydrogens is 217 g/mol. The Hall–Kier alpha value is -0.830. The first-order valence-electron chi connectivity index (χ1n) is 5.16. The third-order valence-corrected chi connectivity index (χ3v) is 2.90. The van der Waals surface area contributed by atoms with Gasteiger partial charge in [0.2, 0.25) is 5.88 Å². The number of rotatable bonds is 3. The highest BCUT2D eigenvalue weighted by atomic mass is 35.5. The van der Waals surface area contributed by atoms with Gasteiger partial charge in [0.15, 0.2) is 0 Å². The minimum absolute atomic E-state index is 0.227. The lowest BCUT2D eigenvalue weighted by molar-refractivity contribution is 0.199. The number of nitrogens with zero attached hydrogens (tertiary/aromatic N) is 1. The summed E-state index contributed by atoms with van der Waals surface area (Å²) < 4.78 is 18.6. The van der Waals surface area contributed by atoms with E-state index in [2.05, 4.69) is 4.98 Å². The molecular formula is C11H13ClFNO. The Bertz CT molecular complexity index is 339. The Morgan fingerprint density at radius 2 is 2.20 bits per heavy atom. The molecule has 1 aliphatic carbocycles. The zero-order chi connectivity index (χ0) is 10.7. The highest BCUT2D eigenvalue weighted by molar-refractivity contribution is 6.17. The largest absolute Gasteiger partial charge is 0.474 e. The lowest BCUT2D eigenvalue weighted by atomic mass is 10.3. The number of pyridine rings is 1. The quantitative estimate of drug-likeness (QED) is 0.742. The molecule has 1 saturated carbocycles. The number of aromatic nitrogens is 1. The molecule has 0 saturated heterocycles. The van der Waals surface area contributed by atoms with Crippen molar-refractivity contribution < 1.29 is 9.13 Å². The van der Waals surface area contributed by atoms with Crippen molar-refractivity contribution in [2.24, 2.45) is 0 Å². The molecule has 0 bridgehead atoms. The summed E-state index contributed by atoms with van der Waals surface area (Å²) in [6.45, 7) is 0. The van der Waals surface area contributed by atoms with E-state index in [1.165, 1.54) is 25.1 Å². The van der Waals surface area contributed by atoms with Crippen molar-refractivity contribution in [1.29, 1.82) is 0 Å². The second kappa shape index (κ2) is 4.79. The van der Waals surface area contributed by atoms with Crippen molar-refractivity contribution in [1.82, 2.24) is 4.98 Å². The second-order valence-electron chi connectivity index (χ2n) is 3.78. The normalized spacial score (nSPS) is 16.9. The lowest BCUT2D eigenvalue weighted by Gasteiger charge is -2.14. The van der Waals surface area contributed by atoms with Gasteiger partial charge < -0.3 is 4.74 Å². The third-order valence-electron chi connectivity index (χ3n) is 2.62. The zero-order valence-electron chi connectivity index (χ0n) is 8.38. The fraction of sp³-hybridized carbons (Fsp3) is 0.545. The Morgan fingerprint density at radius 1 is 1.47 bits per heavy atom. The number of halogens is 2. The minimum Gasteiger partial charge on any atom is -0.474 e. The third kappa shape index (κ3) is 2.59. The smallest absolute Gasteiger partial charge is 0.218 e. The summed E-state index contributed by atoms with van der Waals surface area (Å²) in [6.07, 6.45) is 5.90. The maximum Gasteiger partial charge on any atom is 0.218 e. The van der Waals surface area contributed by atoms with Crippen LogP contribution in [0.5, 0.6) is 5.88 Å². The van der Waals surface area contributed by atoms with Crippen LogP contribution in [-0.4, -0.2) is 11.1 Å². The monoisotopic (exact) mass is 229 g/mol. The Morgan fingerprint density at radius 3 is 2.87 bits per heavy atom. The van der Waals surface area contributed by atoms with Crippen LogP contribution in [0, 0.1) is 5.82 Å². The molecule has 82 valence electrons. The molecule has 0 spiro atoms. The van der Waals surface area contributed by atoms with E-state index in [4.69, 9.17) is 16.3 Å². The van der Waals surface area contributed by atoms with E-state index in [1.807, 2.05) is 0 Å². The van der Waals surface area contributed by atoms with Gasteiger partial charge in [-0.2, -0.15) is 0 Å². The fourth-order valence-corrected chi connectivity index (χ4v) is 2.03. The van der Waals surface area contributed by atoms with Gasteiger partial charge in [0.1, 0.15) is 11.9 Å². The number of alkyl halides is 1. The summed E-state index contributed by atoms with van der Waals surface area (Å²) in [6, 6.07) is 1.38. The maximum absolute atomic E-state index is 12.9. The highest BCUT2D eigenvalue weighted by Gasteiger charge is 2.18. The molecule has 0 amide bonds. The number of hydrogen-bond donors (Lipinski definition) is 0. The molecule has 0 N–H and O–H groups in total. The van der Waals surface area contributed by atoms with Crippen molar-refractivity contribution in [3.05, 3.63) is 23.6 Å². The molecule has 0 aromatic carbocycles. The van der Waals surface area contributed by atoms with E-state index in [0.29, 0.717) is 11.4 Å². The number of hydrogen-bond acceptors (Lipinski definition) is 2. The van der Waals surface area contributed by atoms with Crippen LogP contribution in [0.2, 0.25) is 0 Å². The molecule has 1 aromatic rings. The van der Waals surface area contributed by atoms with Crippen LogP contribution in [0.15, 0.2) is 12.3 Å². The van der Waals surface area contributed by atoms with Gasteiger partial charge in [-0.05, 0) is 31.7 Å². The van der Waals surface area contributed by atoms with Gasteiger partial charge in [-0.1, -0.05) is 0 Å². The van der Waals surface area contributed by atoms with Gasteiger partial charge in [0, 0.05) is 5.56 Å². The van der Waals surface area contributed by atoms with Crippen LogP contribution < -0.4 is 4.74 Å². The topological polar surface area (TPSA) is 22.1 Å². The van der Waals surface area contributed by atoms with E-state index < -0.39 is 0 Å². The molecule has 2 rings (SSSR count). The summed E-state index contributed by atoms with van der Waals surface area (Å²) in [5.41, 5.74) is 0.628. The van der Waals surface area contributed by atoms with Crippen molar-refractivity contribution in [3.8, 4) is 5.88 Å². The van der Waals surface area contributed by atoms with Gasteiger partial charge in [0.05, 0.1) is 12.1 Å². The van der Waals surface area contributed by atoms with E-state index in [1.54, 1.807) is 0 Å². The first kappa shape index (κ1) is 10.7. The Kier molecular flexibility index (Phi) is 3.41. The van der Waals surface area contributed by atoms with E-state index in [0.717, 1.165) is 12.8 Å². The van der Waals surface area contributed by atoms with Gasteiger partial charge in [-0.15, -0.1) is 11.6 Å². The van der Waals surface area contributed by atoms with Crippen molar-refractivity contribution in [3.63, 3.8) is 0 Å². The first-order valence-corrected chi connectivity index (χ1v) is 5.70. The summed E-state index contributed by atoms with van der Waals surface area (Å²) >= 11 is 5.70. The molecule has 2 nitrogen and oxygen atoms in total. The van der Waals surface area contributed by atoms with Gasteiger partial charge >= 0.3 is 0 Å². The van der Waals surface area contributed by atoms with Crippen LogP contribution in [0.25, 0.3) is 0 Å².